The highest BCUT2D eigenvalue weighted by molar-refractivity contribution is 7.09. The molecule has 0 aliphatic heterocycles. The van der Waals surface area contributed by atoms with E-state index in [0.29, 0.717) is 0 Å². The molecular formula is C23H20NS+. The van der Waals surface area contributed by atoms with Gasteiger partial charge in [-0.05, 0) is 30.2 Å². The summed E-state index contributed by atoms with van der Waals surface area (Å²) in [6.07, 6.45) is 0. The summed E-state index contributed by atoms with van der Waals surface area (Å²) in [6.45, 7) is 4.38. The van der Waals surface area contributed by atoms with Gasteiger partial charge in [0.25, 0.3) is 0 Å². The van der Waals surface area contributed by atoms with Crippen LogP contribution >= 0.6 is 11.3 Å². The van der Waals surface area contributed by atoms with Gasteiger partial charge in [-0.2, -0.15) is 4.57 Å². The first-order valence-corrected chi connectivity index (χ1v) is 9.34. The van der Waals surface area contributed by atoms with Crippen LogP contribution in [0.4, 0.5) is 0 Å². The summed E-state index contributed by atoms with van der Waals surface area (Å²) in [5, 5.41) is 0. The second-order valence-electron chi connectivity index (χ2n) is 6.17. The molecule has 0 amide bonds. The van der Waals surface area contributed by atoms with E-state index in [-0.39, 0.29) is 0 Å². The van der Waals surface area contributed by atoms with E-state index in [4.69, 9.17) is 0 Å². The lowest BCUT2D eigenvalue weighted by Crippen LogP contribution is -2.32. The smallest absolute Gasteiger partial charge is 0.153 e. The van der Waals surface area contributed by atoms with Gasteiger partial charge in [0, 0.05) is 6.92 Å². The molecule has 1 heterocycles. The Kier molecular flexibility index (Phi) is 4.21. The lowest BCUT2D eigenvalue weighted by molar-refractivity contribution is -0.596. The standard InChI is InChI=1S/C23H20NS/c1-17-18(2)25-16-24(17)23-21(19-10-5-3-6-11-19)14-9-15-22(23)20-12-7-4-8-13-20/h3-16H,1-2H3/q+1. The Morgan fingerprint density at radius 1 is 0.640 bits per heavy atom. The molecule has 0 saturated heterocycles. The highest BCUT2D eigenvalue weighted by atomic mass is 32.1. The molecule has 0 aliphatic carbocycles. The van der Waals surface area contributed by atoms with E-state index in [9.17, 15) is 0 Å². The van der Waals surface area contributed by atoms with Crippen LogP contribution in [-0.2, 0) is 0 Å². The molecule has 0 aliphatic rings. The van der Waals surface area contributed by atoms with Gasteiger partial charge >= 0.3 is 0 Å². The van der Waals surface area contributed by atoms with E-state index < -0.39 is 0 Å². The minimum absolute atomic E-state index is 1.24. The molecule has 0 atom stereocenters. The van der Waals surface area contributed by atoms with Crippen molar-refractivity contribution in [3.8, 4) is 27.9 Å². The molecule has 0 radical (unpaired) electrons. The number of hydrogen-bond acceptors (Lipinski definition) is 1. The van der Waals surface area contributed by atoms with Crippen LogP contribution in [0.5, 0.6) is 0 Å². The third-order valence-electron chi connectivity index (χ3n) is 4.65. The third-order valence-corrected chi connectivity index (χ3v) is 5.62. The molecule has 2 heteroatoms. The molecule has 1 aromatic heterocycles. The third kappa shape index (κ3) is 2.90. The van der Waals surface area contributed by atoms with Crippen LogP contribution in [-0.4, -0.2) is 0 Å². The van der Waals surface area contributed by atoms with Gasteiger partial charge in [0.05, 0.1) is 16.0 Å². The van der Waals surface area contributed by atoms with Crippen LogP contribution in [0, 0.1) is 13.8 Å². The first-order chi connectivity index (χ1) is 12.3. The molecule has 4 aromatic rings. The quantitative estimate of drug-likeness (QED) is 0.403. The Morgan fingerprint density at radius 3 is 1.60 bits per heavy atom. The molecule has 3 aromatic carbocycles. The molecule has 0 fully saturated rings. The van der Waals surface area contributed by atoms with E-state index >= 15 is 0 Å². The van der Waals surface area contributed by atoms with Gasteiger partial charge in [-0.25, -0.2) is 0 Å². The summed E-state index contributed by atoms with van der Waals surface area (Å²) in [4.78, 5) is 1.35. The maximum absolute atomic E-state index is 2.34. The first kappa shape index (κ1) is 15.8. The van der Waals surface area contributed by atoms with E-state index in [1.807, 2.05) is 0 Å². The van der Waals surface area contributed by atoms with Crippen molar-refractivity contribution >= 4 is 11.3 Å². The zero-order valence-corrected chi connectivity index (χ0v) is 15.3. The van der Waals surface area contributed by atoms with E-state index in [1.165, 1.54) is 38.5 Å². The second-order valence-corrected chi connectivity index (χ2v) is 7.23. The Hall–Kier alpha value is -2.71. The average Bonchev–Trinajstić information content (AvgIpc) is 3.01. The van der Waals surface area contributed by atoms with Gasteiger partial charge in [-0.15, -0.1) is 0 Å². The Bertz CT molecular complexity index is 943. The maximum Gasteiger partial charge on any atom is 0.231 e. The van der Waals surface area contributed by atoms with Crippen LogP contribution < -0.4 is 4.57 Å². The number of thiazole rings is 1. The lowest BCUT2D eigenvalue weighted by atomic mass is 9.95. The maximum atomic E-state index is 2.34. The summed E-state index contributed by atoms with van der Waals surface area (Å²) in [5.74, 6) is 0. The zero-order valence-electron chi connectivity index (χ0n) is 14.4. The predicted octanol–water partition coefficient (Wildman–Crippen LogP) is 5.98. The van der Waals surface area contributed by atoms with Crippen molar-refractivity contribution in [1.29, 1.82) is 0 Å². The molecule has 122 valence electrons. The normalized spacial score (nSPS) is 10.8. The highest BCUT2D eigenvalue weighted by Gasteiger charge is 2.24. The Balaban J connectivity index is 2.05. The van der Waals surface area contributed by atoms with Crippen LogP contribution in [0.1, 0.15) is 10.6 Å². The average molecular weight is 342 g/mol. The summed E-state index contributed by atoms with van der Waals surface area (Å²) in [7, 11) is 0. The molecule has 0 unspecified atom stereocenters. The van der Waals surface area contributed by atoms with Crippen molar-refractivity contribution in [3.63, 3.8) is 0 Å². The number of nitrogens with zero attached hydrogens (tertiary/aromatic N) is 1. The van der Waals surface area contributed by atoms with Crippen molar-refractivity contribution in [2.24, 2.45) is 0 Å². The minimum Gasteiger partial charge on any atom is -0.153 e. The summed E-state index contributed by atoms with van der Waals surface area (Å²) < 4.78 is 2.34. The summed E-state index contributed by atoms with van der Waals surface area (Å²) in [5.41, 5.74) is 9.77. The molecule has 25 heavy (non-hydrogen) atoms. The minimum atomic E-state index is 1.24. The molecular weight excluding hydrogens is 322 g/mol. The predicted molar refractivity (Wildman–Crippen MR) is 106 cm³/mol. The Labute approximate surface area is 152 Å². The second kappa shape index (κ2) is 6.66. The monoisotopic (exact) mass is 342 g/mol. The van der Waals surface area contributed by atoms with Gasteiger partial charge in [0.1, 0.15) is 0 Å². The zero-order chi connectivity index (χ0) is 17.2. The van der Waals surface area contributed by atoms with Gasteiger partial charge in [-0.1, -0.05) is 78.1 Å². The number of aryl methyl sites for hydroxylation is 1. The first-order valence-electron chi connectivity index (χ1n) is 8.46. The number of para-hydroxylation sites is 1. The number of rotatable bonds is 3. The SMILES string of the molecule is Cc1sc[n+](-c2c(-c3ccccc3)cccc2-c2ccccc2)c1C. The number of benzene rings is 3. The molecule has 0 bridgehead atoms. The van der Waals surface area contributed by atoms with Crippen molar-refractivity contribution in [3.05, 3.63) is 94.9 Å². The fraction of sp³-hybridized carbons (Fsp3) is 0.0870. The molecule has 0 N–H and O–H groups in total. The summed E-state index contributed by atoms with van der Waals surface area (Å²) in [6, 6.07) is 27.9. The van der Waals surface area contributed by atoms with Gasteiger partial charge in [0.15, 0.2) is 5.69 Å². The van der Waals surface area contributed by atoms with Crippen LogP contribution in [0.3, 0.4) is 0 Å². The van der Waals surface area contributed by atoms with E-state index in [2.05, 4.69) is 103 Å². The summed E-state index contributed by atoms with van der Waals surface area (Å²) >= 11 is 1.80. The van der Waals surface area contributed by atoms with Crippen molar-refractivity contribution in [2.75, 3.05) is 0 Å². The highest BCUT2D eigenvalue weighted by Crippen LogP contribution is 2.33. The lowest BCUT2D eigenvalue weighted by Gasteiger charge is -2.11. The van der Waals surface area contributed by atoms with Gasteiger partial charge < -0.3 is 0 Å². The van der Waals surface area contributed by atoms with Crippen molar-refractivity contribution in [1.82, 2.24) is 0 Å². The topological polar surface area (TPSA) is 3.88 Å². The molecule has 0 saturated carbocycles. The van der Waals surface area contributed by atoms with Crippen molar-refractivity contribution < 1.29 is 4.57 Å². The van der Waals surface area contributed by atoms with Crippen LogP contribution in [0.15, 0.2) is 84.4 Å². The van der Waals surface area contributed by atoms with Crippen molar-refractivity contribution in [2.45, 2.75) is 13.8 Å². The number of hydrogen-bond donors (Lipinski definition) is 0. The van der Waals surface area contributed by atoms with Gasteiger partial charge in [-0.3, -0.25) is 0 Å². The number of aromatic nitrogens is 1. The van der Waals surface area contributed by atoms with E-state index in [0.717, 1.165) is 0 Å². The fourth-order valence-electron chi connectivity index (χ4n) is 3.19. The largest absolute Gasteiger partial charge is 0.231 e. The Morgan fingerprint density at radius 2 is 1.16 bits per heavy atom. The van der Waals surface area contributed by atoms with Crippen LogP contribution in [0.25, 0.3) is 27.9 Å². The molecule has 4 rings (SSSR count). The van der Waals surface area contributed by atoms with Crippen LogP contribution in [0.2, 0.25) is 0 Å². The molecule has 0 spiro atoms. The molecule has 1 nitrogen and oxygen atoms in total. The van der Waals surface area contributed by atoms with Gasteiger partial charge in [0.2, 0.25) is 11.2 Å². The van der Waals surface area contributed by atoms with E-state index in [1.54, 1.807) is 11.3 Å². The fourth-order valence-corrected chi connectivity index (χ4v) is 3.99.